The third-order valence-corrected chi connectivity index (χ3v) is 4.49. The second kappa shape index (κ2) is 5.85. The van der Waals surface area contributed by atoms with E-state index < -0.39 is 0 Å². The Morgan fingerprint density at radius 2 is 1.94 bits per heavy atom. The van der Waals surface area contributed by atoms with Crippen molar-refractivity contribution in [2.45, 2.75) is 57.9 Å². The molecule has 2 unspecified atom stereocenters. The number of piperidine rings is 1. The van der Waals surface area contributed by atoms with Crippen LogP contribution in [0.1, 0.15) is 51.9 Å². The SMILES string of the molecule is CC1CCN(C(=O)C2CCCCC2)C(CN)C1. The summed E-state index contributed by atoms with van der Waals surface area (Å²) in [7, 11) is 0. The maximum Gasteiger partial charge on any atom is 0.225 e. The van der Waals surface area contributed by atoms with Crippen molar-refractivity contribution in [3.05, 3.63) is 0 Å². The van der Waals surface area contributed by atoms with Gasteiger partial charge in [0.25, 0.3) is 0 Å². The summed E-state index contributed by atoms with van der Waals surface area (Å²) in [5.74, 6) is 1.41. The van der Waals surface area contributed by atoms with Crippen LogP contribution in [0.4, 0.5) is 0 Å². The highest BCUT2D eigenvalue weighted by atomic mass is 16.2. The Hall–Kier alpha value is -0.570. The lowest BCUT2D eigenvalue weighted by Crippen LogP contribution is -2.51. The average molecular weight is 238 g/mol. The predicted molar refractivity (Wildman–Crippen MR) is 69.5 cm³/mol. The Morgan fingerprint density at radius 1 is 1.24 bits per heavy atom. The van der Waals surface area contributed by atoms with Crippen LogP contribution in [0, 0.1) is 11.8 Å². The zero-order valence-electron chi connectivity index (χ0n) is 11.0. The molecule has 2 aliphatic rings. The Bertz CT molecular complexity index is 261. The first kappa shape index (κ1) is 12.9. The molecule has 98 valence electrons. The number of carbonyl (C=O) groups excluding carboxylic acids is 1. The van der Waals surface area contributed by atoms with Crippen molar-refractivity contribution in [2.24, 2.45) is 17.6 Å². The van der Waals surface area contributed by atoms with Crippen LogP contribution in [-0.2, 0) is 4.79 Å². The van der Waals surface area contributed by atoms with Crippen LogP contribution in [-0.4, -0.2) is 29.9 Å². The number of carbonyl (C=O) groups is 1. The third kappa shape index (κ3) is 3.01. The maximum atomic E-state index is 12.5. The number of amides is 1. The van der Waals surface area contributed by atoms with Crippen molar-refractivity contribution >= 4 is 5.91 Å². The summed E-state index contributed by atoms with van der Waals surface area (Å²) in [5, 5.41) is 0. The summed E-state index contributed by atoms with van der Waals surface area (Å²) in [4.78, 5) is 14.6. The molecule has 1 heterocycles. The summed E-state index contributed by atoms with van der Waals surface area (Å²) in [6.45, 7) is 3.83. The van der Waals surface area contributed by atoms with E-state index in [1.807, 2.05) is 0 Å². The molecule has 0 aromatic heterocycles. The number of hydrogen-bond acceptors (Lipinski definition) is 2. The minimum atomic E-state index is 0.297. The predicted octanol–water partition coefficient (Wildman–Crippen LogP) is 2.15. The first-order valence-electron chi connectivity index (χ1n) is 7.23. The van der Waals surface area contributed by atoms with E-state index >= 15 is 0 Å². The van der Waals surface area contributed by atoms with Crippen LogP contribution in [0.3, 0.4) is 0 Å². The van der Waals surface area contributed by atoms with Gasteiger partial charge in [-0.05, 0) is 31.6 Å². The minimum absolute atomic E-state index is 0.297. The third-order valence-electron chi connectivity index (χ3n) is 4.49. The van der Waals surface area contributed by atoms with Gasteiger partial charge in [0, 0.05) is 25.0 Å². The summed E-state index contributed by atoms with van der Waals surface area (Å²) < 4.78 is 0. The molecular formula is C14H26N2O. The normalized spacial score (nSPS) is 31.5. The average Bonchev–Trinajstić information content (AvgIpc) is 2.39. The minimum Gasteiger partial charge on any atom is -0.338 e. The van der Waals surface area contributed by atoms with Crippen molar-refractivity contribution in [1.82, 2.24) is 4.90 Å². The summed E-state index contributed by atoms with van der Waals surface area (Å²) in [6.07, 6.45) is 8.21. The van der Waals surface area contributed by atoms with Crippen LogP contribution in [0.15, 0.2) is 0 Å². The summed E-state index contributed by atoms with van der Waals surface area (Å²) in [6, 6.07) is 0.299. The molecule has 2 fully saturated rings. The molecule has 2 rings (SSSR count). The van der Waals surface area contributed by atoms with E-state index in [9.17, 15) is 4.79 Å². The molecule has 0 radical (unpaired) electrons. The molecule has 0 bridgehead atoms. The lowest BCUT2D eigenvalue weighted by atomic mass is 9.86. The van der Waals surface area contributed by atoms with Crippen LogP contribution in [0.25, 0.3) is 0 Å². The monoisotopic (exact) mass is 238 g/mol. The van der Waals surface area contributed by atoms with Crippen LogP contribution in [0.5, 0.6) is 0 Å². The van der Waals surface area contributed by atoms with Gasteiger partial charge in [0.2, 0.25) is 5.91 Å². The van der Waals surface area contributed by atoms with E-state index in [2.05, 4.69) is 11.8 Å². The zero-order valence-corrected chi connectivity index (χ0v) is 11.0. The highest BCUT2D eigenvalue weighted by Crippen LogP contribution is 2.29. The van der Waals surface area contributed by atoms with E-state index in [4.69, 9.17) is 5.73 Å². The summed E-state index contributed by atoms with van der Waals surface area (Å²) in [5.41, 5.74) is 5.83. The number of likely N-dealkylation sites (tertiary alicyclic amines) is 1. The van der Waals surface area contributed by atoms with Crippen molar-refractivity contribution in [2.75, 3.05) is 13.1 Å². The van der Waals surface area contributed by atoms with Crippen LogP contribution < -0.4 is 5.73 Å². The second-order valence-corrected chi connectivity index (χ2v) is 5.89. The van der Waals surface area contributed by atoms with E-state index in [1.165, 1.54) is 19.3 Å². The van der Waals surface area contributed by atoms with Gasteiger partial charge in [-0.3, -0.25) is 4.79 Å². The van der Waals surface area contributed by atoms with Gasteiger partial charge in [0.15, 0.2) is 0 Å². The fourth-order valence-corrected chi connectivity index (χ4v) is 3.35. The topological polar surface area (TPSA) is 46.3 Å². The lowest BCUT2D eigenvalue weighted by Gasteiger charge is -2.40. The first-order chi connectivity index (χ1) is 8.22. The maximum absolute atomic E-state index is 12.5. The van der Waals surface area contributed by atoms with Gasteiger partial charge in [0.05, 0.1) is 0 Å². The molecule has 0 spiro atoms. The number of nitrogens with zero attached hydrogens (tertiary/aromatic N) is 1. The van der Waals surface area contributed by atoms with Gasteiger partial charge in [-0.2, -0.15) is 0 Å². The molecule has 1 amide bonds. The zero-order chi connectivity index (χ0) is 12.3. The molecule has 1 aliphatic carbocycles. The highest BCUT2D eigenvalue weighted by Gasteiger charge is 2.33. The lowest BCUT2D eigenvalue weighted by molar-refractivity contribution is -0.140. The molecule has 3 nitrogen and oxygen atoms in total. The molecule has 1 saturated carbocycles. The highest BCUT2D eigenvalue weighted by molar-refractivity contribution is 5.79. The quantitative estimate of drug-likeness (QED) is 0.801. The number of nitrogens with two attached hydrogens (primary N) is 1. The Labute approximate surface area is 105 Å². The van der Waals surface area contributed by atoms with Gasteiger partial charge in [-0.1, -0.05) is 26.2 Å². The van der Waals surface area contributed by atoms with Crippen molar-refractivity contribution in [1.29, 1.82) is 0 Å². The largest absolute Gasteiger partial charge is 0.338 e. The molecule has 0 aromatic rings. The Balaban J connectivity index is 1.96. The Kier molecular flexibility index (Phi) is 4.43. The molecule has 2 N–H and O–H groups in total. The molecule has 3 heteroatoms. The number of rotatable bonds is 2. The van der Waals surface area contributed by atoms with E-state index in [1.54, 1.807) is 0 Å². The Morgan fingerprint density at radius 3 is 2.59 bits per heavy atom. The van der Waals surface area contributed by atoms with E-state index in [-0.39, 0.29) is 0 Å². The van der Waals surface area contributed by atoms with Gasteiger partial charge < -0.3 is 10.6 Å². The van der Waals surface area contributed by atoms with Gasteiger partial charge in [-0.25, -0.2) is 0 Å². The fraction of sp³-hybridized carbons (Fsp3) is 0.929. The molecule has 17 heavy (non-hydrogen) atoms. The van der Waals surface area contributed by atoms with E-state index in [0.29, 0.717) is 24.4 Å². The standard InChI is InChI=1S/C14H26N2O/c1-11-7-8-16(13(9-11)10-15)14(17)12-5-3-2-4-6-12/h11-13H,2-10,15H2,1H3. The smallest absolute Gasteiger partial charge is 0.225 e. The molecule has 1 aliphatic heterocycles. The van der Waals surface area contributed by atoms with Gasteiger partial charge >= 0.3 is 0 Å². The van der Waals surface area contributed by atoms with Crippen LogP contribution >= 0.6 is 0 Å². The van der Waals surface area contributed by atoms with E-state index in [0.717, 1.165) is 38.1 Å². The summed E-state index contributed by atoms with van der Waals surface area (Å²) >= 11 is 0. The van der Waals surface area contributed by atoms with Crippen molar-refractivity contribution < 1.29 is 4.79 Å². The van der Waals surface area contributed by atoms with Gasteiger partial charge in [-0.15, -0.1) is 0 Å². The fourth-order valence-electron chi connectivity index (χ4n) is 3.35. The second-order valence-electron chi connectivity index (χ2n) is 5.89. The number of hydrogen-bond donors (Lipinski definition) is 1. The van der Waals surface area contributed by atoms with Crippen molar-refractivity contribution in [3.63, 3.8) is 0 Å². The molecule has 1 saturated heterocycles. The van der Waals surface area contributed by atoms with Crippen molar-refractivity contribution in [3.8, 4) is 0 Å². The first-order valence-corrected chi connectivity index (χ1v) is 7.23. The molecular weight excluding hydrogens is 212 g/mol. The van der Waals surface area contributed by atoms with Crippen LogP contribution in [0.2, 0.25) is 0 Å². The van der Waals surface area contributed by atoms with Gasteiger partial charge in [0.1, 0.15) is 0 Å². The molecule has 0 aromatic carbocycles. The molecule has 2 atom stereocenters.